The van der Waals surface area contributed by atoms with E-state index in [1.54, 1.807) is 11.3 Å². The van der Waals surface area contributed by atoms with Gasteiger partial charge in [-0.1, -0.05) is 61.0 Å². The molecule has 0 aliphatic carbocycles. The van der Waals surface area contributed by atoms with Gasteiger partial charge in [0.2, 0.25) is 5.96 Å². The van der Waals surface area contributed by atoms with Crippen molar-refractivity contribution in [2.75, 3.05) is 13.1 Å². The number of rotatable bonds is 8. The number of benzene rings is 2. The summed E-state index contributed by atoms with van der Waals surface area (Å²) in [5.74, 6) is 0.527. The highest BCUT2D eigenvalue weighted by atomic mass is 32.1. The van der Waals surface area contributed by atoms with Gasteiger partial charge >= 0.3 is 0 Å². The second-order valence-electron chi connectivity index (χ2n) is 6.44. The van der Waals surface area contributed by atoms with Gasteiger partial charge < -0.3 is 21.4 Å². The van der Waals surface area contributed by atoms with E-state index in [1.165, 1.54) is 18.4 Å². The van der Waals surface area contributed by atoms with E-state index in [0.29, 0.717) is 5.19 Å². The molecule has 0 aliphatic heterocycles. The molecule has 7 nitrogen and oxygen atoms in total. The van der Waals surface area contributed by atoms with Crippen LogP contribution in [0.15, 0.2) is 53.7 Å². The Labute approximate surface area is 175 Å². The van der Waals surface area contributed by atoms with Crippen LogP contribution in [-0.4, -0.2) is 34.1 Å². The average molecular weight is 416 g/mol. The third-order valence-corrected chi connectivity index (χ3v) is 5.11. The quantitative estimate of drug-likeness (QED) is 0.218. The van der Waals surface area contributed by atoms with E-state index < -0.39 is 0 Å². The molecular formula is C21H29N5O2S. The summed E-state index contributed by atoms with van der Waals surface area (Å²) in [6, 6.07) is 16.5. The lowest BCUT2D eigenvalue weighted by Crippen LogP contribution is -2.23. The van der Waals surface area contributed by atoms with Gasteiger partial charge in [-0.25, -0.2) is 4.98 Å². The molecule has 0 spiro atoms. The van der Waals surface area contributed by atoms with Crippen molar-refractivity contribution < 1.29 is 9.94 Å². The smallest absolute Gasteiger partial charge is 0.279 e. The van der Waals surface area contributed by atoms with E-state index >= 15 is 0 Å². The fourth-order valence-electron chi connectivity index (χ4n) is 2.65. The Kier molecular flexibility index (Phi) is 9.20. The van der Waals surface area contributed by atoms with Gasteiger partial charge in [-0.05, 0) is 49.3 Å². The van der Waals surface area contributed by atoms with Crippen molar-refractivity contribution in [3.8, 4) is 10.9 Å². The van der Waals surface area contributed by atoms with Crippen LogP contribution in [0.25, 0.3) is 10.2 Å². The maximum absolute atomic E-state index is 7.48. The molecule has 5 N–H and O–H groups in total. The van der Waals surface area contributed by atoms with Crippen LogP contribution in [0, 0.1) is 0 Å². The molecule has 0 radical (unpaired) electrons. The summed E-state index contributed by atoms with van der Waals surface area (Å²) in [6.07, 6.45) is 2.50. The van der Waals surface area contributed by atoms with Gasteiger partial charge in [0.15, 0.2) is 0 Å². The van der Waals surface area contributed by atoms with E-state index in [1.807, 2.05) is 30.3 Å². The zero-order valence-electron chi connectivity index (χ0n) is 16.9. The lowest BCUT2D eigenvalue weighted by molar-refractivity contribution is 0.275. The molecule has 1 heterocycles. The highest BCUT2D eigenvalue weighted by molar-refractivity contribution is 7.20. The van der Waals surface area contributed by atoms with Crippen molar-refractivity contribution in [3.63, 3.8) is 0 Å². The first-order valence-corrected chi connectivity index (χ1v) is 10.4. The van der Waals surface area contributed by atoms with E-state index in [4.69, 9.17) is 9.94 Å². The molecule has 0 atom stereocenters. The standard InChI is InChI=1S/C20H24N2OS.CH5N3O/c1-3-5-14-22(4-2)15-16-10-12-17(13-11-16)23-20-21-18-8-6-7-9-19(18)24-20;2-1(3)4-5/h6-13H,3-5,14-15H2,1-2H3;5H,(H4,2,3,4). The first-order valence-electron chi connectivity index (χ1n) is 9.63. The summed E-state index contributed by atoms with van der Waals surface area (Å²) >= 11 is 1.58. The highest BCUT2D eigenvalue weighted by Crippen LogP contribution is 2.31. The Balaban J connectivity index is 0.000000537. The maximum atomic E-state index is 7.48. The summed E-state index contributed by atoms with van der Waals surface area (Å²) in [5, 5.41) is 10.5. The second-order valence-corrected chi connectivity index (χ2v) is 7.43. The molecule has 156 valence electrons. The van der Waals surface area contributed by atoms with Crippen LogP contribution in [0.4, 0.5) is 0 Å². The van der Waals surface area contributed by atoms with Crippen molar-refractivity contribution >= 4 is 27.5 Å². The number of fused-ring (bicyclic) bond motifs is 1. The molecule has 0 aliphatic rings. The minimum Gasteiger partial charge on any atom is -0.431 e. The minimum absolute atomic E-state index is 0.315. The number of oxime groups is 1. The summed E-state index contributed by atoms with van der Waals surface area (Å²) in [7, 11) is 0. The summed E-state index contributed by atoms with van der Waals surface area (Å²) in [5.41, 5.74) is 11.5. The predicted octanol–water partition coefficient (Wildman–Crippen LogP) is 4.36. The van der Waals surface area contributed by atoms with E-state index in [0.717, 1.165) is 35.6 Å². The topological polar surface area (TPSA) is 110 Å². The first kappa shape index (κ1) is 22.4. The molecule has 8 heteroatoms. The molecule has 0 bridgehead atoms. The number of ether oxygens (including phenoxy) is 1. The third-order valence-electron chi connectivity index (χ3n) is 4.20. The van der Waals surface area contributed by atoms with Crippen LogP contribution in [0.5, 0.6) is 10.9 Å². The number of nitrogens with zero attached hydrogens (tertiary/aromatic N) is 3. The molecule has 0 amide bonds. The van der Waals surface area contributed by atoms with Gasteiger partial charge in [0.25, 0.3) is 5.19 Å². The Morgan fingerprint density at radius 2 is 1.83 bits per heavy atom. The summed E-state index contributed by atoms with van der Waals surface area (Å²) in [4.78, 5) is 6.99. The lowest BCUT2D eigenvalue weighted by Gasteiger charge is -2.20. The Morgan fingerprint density at radius 3 is 2.41 bits per heavy atom. The number of unbranched alkanes of at least 4 members (excludes halogenated alkanes) is 1. The molecule has 1 aromatic heterocycles. The molecular weight excluding hydrogens is 386 g/mol. The number of guanidine groups is 1. The zero-order valence-corrected chi connectivity index (χ0v) is 17.7. The minimum atomic E-state index is -0.315. The van der Waals surface area contributed by atoms with Gasteiger partial charge in [-0.2, -0.15) is 0 Å². The van der Waals surface area contributed by atoms with Gasteiger partial charge in [-0.3, -0.25) is 4.90 Å². The monoisotopic (exact) mass is 415 g/mol. The van der Waals surface area contributed by atoms with Crippen molar-refractivity contribution in [2.45, 2.75) is 33.2 Å². The molecule has 29 heavy (non-hydrogen) atoms. The molecule has 0 fully saturated rings. The molecule has 3 rings (SSSR count). The Bertz CT molecular complexity index is 858. The van der Waals surface area contributed by atoms with Gasteiger partial charge in [0, 0.05) is 6.54 Å². The van der Waals surface area contributed by atoms with Crippen molar-refractivity contribution in [1.29, 1.82) is 0 Å². The van der Waals surface area contributed by atoms with Gasteiger partial charge in [0.1, 0.15) is 5.75 Å². The molecule has 0 saturated carbocycles. The Morgan fingerprint density at radius 1 is 1.14 bits per heavy atom. The molecule has 0 unspecified atom stereocenters. The second kappa shape index (κ2) is 11.9. The fraction of sp³-hybridized carbons (Fsp3) is 0.333. The number of nitrogens with two attached hydrogens (primary N) is 2. The average Bonchev–Trinajstić information content (AvgIpc) is 3.15. The van der Waals surface area contributed by atoms with E-state index in [-0.39, 0.29) is 5.96 Å². The highest BCUT2D eigenvalue weighted by Gasteiger charge is 2.07. The molecule has 2 aromatic carbocycles. The third kappa shape index (κ3) is 7.59. The molecule has 0 saturated heterocycles. The van der Waals surface area contributed by atoms with Gasteiger partial charge in [0.05, 0.1) is 10.2 Å². The van der Waals surface area contributed by atoms with E-state index in [2.05, 4.69) is 58.6 Å². The maximum Gasteiger partial charge on any atom is 0.279 e. The fourth-order valence-corrected chi connectivity index (χ4v) is 3.48. The largest absolute Gasteiger partial charge is 0.431 e. The number of hydrogen-bond donors (Lipinski definition) is 3. The van der Waals surface area contributed by atoms with Crippen molar-refractivity contribution in [1.82, 2.24) is 9.88 Å². The van der Waals surface area contributed by atoms with Crippen LogP contribution in [0.1, 0.15) is 32.3 Å². The molecule has 3 aromatic rings. The Hall–Kier alpha value is -2.84. The normalized spacial score (nSPS) is 10.4. The van der Waals surface area contributed by atoms with Gasteiger partial charge in [-0.15, -0.1) is 0 Å². The lowest BCUT2D eigenvalue weighted by atomic mass is 10.2. The van der Waals surface area contributed by atoms with Crippen LogP contribution in [-0.2, 0) is 6.54 Å². The summed E-state index contributed by atoms with van der Waals surface area (Å²) < 4.78 is 7.06. The van der Waals surface area contributed by atoms with Crippen LogP contribution >= 0.6 is 11.3 Å². The number of para-hydroxylation sites is 1. The SMILES string of the molecule is CCCCN(CC)Cc1ccc(Oc2nc3ccccc3s2)cc1.NC(N)=NO. The van der Waals surface area contributed by atoms with Crippen LogP contribution < -0.4 is 16.2 Å². The summed E-state index contributed by atoms with van der Waals surface area (Å²) in [6.45, 7) is 7.71. The van der Waals surface area contributed by atoms with Crippen molar-refractivity contribution in [2.24, 2.45) is 16.6 Å². The predicted molar refractivity (Wildman–Crippen MR) is 120 cm³/mol. The first-order chi connectivity index (χ1) is 14.0. The number of hydrogen-bond acceptors (Lipinski definition) is 6. The van der Waals surface area contributed by atoms with E-state index in [9.17, 15) is 0 Å². The van der Waals surface area contributed by atoms with Crippen LogP contribution in [0.3, 0.4) is 0 Å². The zero-order chi connectivity index (χ0) is 21.1. The van der Waals surface area contributed by atoms with Crippen molar-refractivity contribution in [3.05, 3.63) is 54.1 Å². The number of thiazole rings is 1. The number of aromatic nitrogens is 1. The van der Waals surface area contributed by atoms with Crippen LogP contribution in [0.2, 0.25) is 0 Å².